The summed E-state index contributed by atoms with van der Waals surface area (Å²) in [6, 6.07) is 17.6. The van der Waals surface area contributed by atoms with Crippen LogP contribution in [-0.2, 0) is 6.42 Å². The fourth-order valence-electron chi connectivity index (χ4n) is 4.59. The van der Waals surface area contributed by atoms with E-state index >= 15 is 0 Å². The van der Waals surface area contributed by atoms with E-state index in [-0.39, 0.29) is 12.1 Å². The molecule has 0 spiro atoms. The van der Waals surface area contributed by atoms with Gasteiger partial charge in [0.15, 0.2) is 23.0 Å². The number of methoxy groups -OCH3 is 2. The molecule has 2 heterocycles. The van der Waals surface area contributed by atoms with Crippen LogP contribution in [0, 0.1) is 0 Å². The van der Waals surface area contributed by atoms with Gasteiger partial charge in [-0.3, -0.25) is 0 Å². The second-order valence-corrected chi connectivity index (χ2v) is 8.70. The molecule has 8 heteroatoms. The number of benzene rings is 3. The molecule has 0 fully saturated rings. The molecule has 0 radical (unpaired) electrons. The van der Waals surface area contributed by atoms with E-state index in [4.69, 9.17) is 24.0 Å². The first-order chi connectivity index (χ1) is 17.5. The van der Waals surface area contributed by atoms with E-state index in [1.54, 1.807) is 21.3 Å². The van der Waals surface area contributed by atoms with Crippen molar-refractivity contribution in [1.82, 2.24) is 10.3 Å². The van der Waals surface area contributed by atoms with Crippen molar-refractivity contribution in [3.8, 4) is 34.1 Å². The molecule has 8 nitrogen and oxygen atoms in total. The Bertz CT molecular complexity index is 1320. The van der Waals surface area contributed by atoms with E-state index < -0.39 is 0 Å². The highest BCUT2D eigenvalue weighted by Crippen LogP contribution is 2.36. The van der Waals surface area contributed by atoms with E-state index in [1.807, 2.05) is 61.5 Å². The Morgan fingerprint density at radius 1 is 0.917 bits per heavy atom. The normalized spacial score (nSPS) is 16.4. The van der Waals surface area contributed by atoms with Crippen molar-refractivity contribution in [3.63, 3.8) is 0 Å². The number of ether oxygens (including phenoxy) is 4. The minimum atomic E-state index is -0.264. The predicted molar refractivity (Wildman–Crippen MR) is 138 cm³/mol. The van der Waals surface area contributed by atoms with E-state index in [1.165, 1.54) is 5.01 Å². The van der Waals surface area contributed by atoms with Gasteiger partial charge in [0.2, 0.25) is 0 Å². The average Bonchev–Trinajstić information content (AvgIpc) is 3.07. The summed E-state index contributed by atoms with van der Waals surface area (Å²) in [5.41, 5.74) is 5.56. The maximum absolute atomic E-state index is 12.7. The number of carbonyl (C=O) groups is 1. The lowest BCUT2D eigenvalue weighted by atomic mass is 9.93. The molecule has 0 saturated carbocycles. The van der Waals surface area contributed by atoms with Gasteiger partial charge < -0.3 is 24.3 Å². The number of nitrogens with one attached hydrogen (secondary N) is 1. The fraction of sp³-hybridized carbons (Fsp3) is 0.286. The van der Waals surface area contributed by atoms with Crippen LogP contribution < -0.4 is 24.3 Å². The van der Waals surface area contributed by atoms with Crippen molar-refractivity contribution in [2.75, 3.05) is 34.5 Å². The molecular formula is C28H29N3O5. The average molecular weight is 488 g/mol. The Balaban J connectivity index is 1.58. The highest BCUT2D eigenvalue weighted by Gasteiger charge is 2.28. The van der Waals surface area contributed by atoms with Crippen molar-refractivity contribution in [3.05, 3.63) is 71.3 Å². The Labute approximate surface area is 210 Å². The maximum Gasteiger partial charge on any atom is 0.337 e. The third-order valence-corrected chi connectivity index (χ3v) is 6.46. The number of rotatable bonds is 4. The van der Waals surface area contributed by atoms with Gasteiger partial charge in [-0.15, -0.1) is 0 Å². The van der Waals surface area contributed by atoms with Gasteiger partial charge in [0.1, 0.15) is 13.2 Å². The minimum absolute atomic E-state index is 0.156. The number of carbonyl (C=O) groups excluding carboxylic acids is 1. The molecule has 1 atom stereocenters. The summed E-state index contributed by atoms with van der Waals surface area (Å²) in [4.78, 5) is 12.7. The Hall–Kier alpha value is -4.20. The summed E-state index contributed by atoms with van der Waals surface area (Å²) in [5.74, 6) is 2.77. The standard InChI is InChI=1S/C28H29N3O5/c1-17-13-21-15-24(33-3)25(34-4)16-22(21)27(30-31(17)28(32)29-2)19-7-5-18(6-8-19)20-9-10-23-26(14-20)36-12-11-35-23/h5-10,14-17H,11-13H2,1-4H3,(H,29,32). The lowest BCUT2D eigenvalue weighted by Gasteiger charge is -2.22. The molecule has 0 saturated heterocycles. The molecule has 0 aliphatic carbocycles. The molecule has 1 unspecified atom stereocenters. The van der Waals surface area contributed by atoms with Gasteiger partial charge in [-0.1, -0.05) is 30.3 Å². The molecule has 2 amide bonds. The van der Waals surface area contributed by atoms with Gasteiger partial charge in [0.25, 0.3) is 0 Å². The zero-order chi connectivity index (χ0) is 25.2. The number of nitrogens with zero attached hydrogens (tertiary/aromatic N) is 2. The van der Waals surface area contributed by atoms with Gasteiger partial charge in [-0.05, 0) is 54.3 Å². The van der Waals surface area contributed by atoms with Crippen LogP contribution in [0.2, 0.25) is 0 Å². The third kappa shape index (κ3) is 4.30. The first kappa shape index (κ1) is 23.5. The van der Waals surface area contributed by atoms with Crippen LogP contribution in [0.1, 0.15) is 23.6 Å². The summed E-state index contributed by atoms with van der Waals surface area (Å²) in [7, 11) is 4.84. The molecule has 5 rings (SSSR count). The van der Waals surface area contributed by atoms with Crippen LogP contribution in [0.15, 0.2) is 59.7 Å². The SMILES string of the molecule is CNC(=O)N1N=C(c2ccc(-c3ccc4c(c3)OCCO4)cc2)c2cc(OC)c(OC)cc2CC1C. The van der Waals surface area contributed by atoms with Crippen LogP contribution in [0.5, 0.6) is 23.0 Å². The molecule has 3 aromatic rings. The zero-order valence-electron chi connectivity index (χ0n) is 20.8. The van der Waals surface area contributed by atoms with Crippen LogP contribution in [0.3, 0.4) is 0 Å². The van der Waals surface area contributed by atoms with Gasteiger partial charge >= 0.3 is 6.03 Å². The van der Waals surface area contributed by atoms with Crippen LogP contribution in [0.4, 0.5) is 4.79 Å². The van der Waals surface area contributed by atoms with E-state index in [2.05, 4.69) is 5.32 Å². The lowest BCUT2D eigenvalue weighted by molar-refractivity contribution is 0.171. The second-order valence-electron chi connectivity index (χ2n) is 8.70. The van der Waals surface area contributed by atoms with Crippen LogP contribution in [-0.4, -0.2) is 57.3 Å². The Morgan fingerprint density at radius 2 is 1.56 bits per heavy atom. The quantitative estimate of drug-likeness (QED) is 0.587. The number of amides is 2. The van der Waals surface area contributed by atoms with Crippen molar-refractivity contribution < 1.29 is 23.7 Å². The number of hydrogen-bond acceptors (Lipinski definition) is 6. The topological polar surface area (TPSA) is 81.6 Å². The van der Waals surface area contributed by atoms with E-state index in [0.717, 1.165) is 39.3 Å². The van der Waals surface area contributed by atoms with Crippen LogP contribution in [0.25, 0.3) is 11.1 Å². The maximum atomic E-state index is 12.7. The summed E-state index contributed by atoms with van der Waals surface area (Å²) in [5, 5.41) is 9.04. The molecule has 3 aromatic carbocycles. The smallest absolute Gasteiger partial charge is 0.337 e. The number of hydrazone groups is 1. The van der Waals surface area contributed by atoms with Crippen molar-refractivity contribution in [2.24, 2.45) is 5.10 Å². The van der Waals surface area contributed by atoms with E-state index in [0.29, 0.717) is 36.8 Å². The summed E-state index contributed by atoms with van der Waals surface area (Å²) in [6.45, 7) is 3.09. The number of urea groups is 1. The third-order valence-electron chi connectivity index (χ3n) is 6.46. The summed E-state index contributed by atoms with van der Waals surface area (Å²) >= 11 is 0. The number of hydrogen-bond donors (Lipinski definition) is 1. The minimum Gasteiger partial charge on any atom is -0.493 e. The monoisotopic (exact) mass is 487 g/mol. The van der Waals surface area contributed by atoms with E-state index in [9.17, 15) is 4.79 Å². The Kier molecular flexibility index (Phi) is 6.41. The number of fused-ring (bicyclic) bond motifs is 2. The van der Waals surface area contributed by atoms with Crippen molar-refractivity contribution in [2.45, 2.75) is 19.4 Å². The first-order valence-electron chi connectivity index (χ1n) is 11.9. The van der Waals surface area contributed by atoms with Crippen LogP contribution >= 0.6 is 0 Å². The fourth-order valence-corrected chi connectivity index (χ4v) is 4.59. The van der Waals surface area contributed by atoms with Gasteiger partial charge in [0, 0.05) is 18.2 Å². The molecule has 0 aromatic heterocycles. The van der Waals surface area contributed by atoms with Gasteiger partial charge in [-0.2, -0.15) is 5.10 Å². The lowest BCUT2D eigenvalue weighted by Crippen LogP contribution is -2.41. The molecule has 1 N–H and O–H groups in total. The molecule has 2 aliphatic rings. The first-order valence-corrected chi connectivity index (χ1v) is 11.9. The van der Waals surface area contributed by atoms with Crippen molar-refractivity contribution >= 4 is 11.7 Å². The molecule has 36 heavy (non-hydrogen) atoms. The Morgan fingerprint density at radius 3 is 2.25 bits per heavy atom. The van der Waals surface area contributed by atoms with Crippen molar-refractivity contribution in [1.29, 1.82) is 0 Å². The summed E-state index contributed by atoms with van der Waals surface area (Å²) in [6.07, 6.45) is 0.616. The molecule has 0 bridgehead atoms. The second kappa shape index (κ2) is 9.81. The predicted octanol–water partition coefficient (Wildman–Crippen LogP) is 4.48. The molecule has 2 aliphatic heterocycles. The molecular weight excluding hydrogens is 458 g/mol. The summed E-state index contributed by atoms with van der Waals surface area (Å²) < 4.78 is 22.5. The highest BCUT2D eigenvalue weighted by molar-refractivity contribution is 6.14. The molecule has 186 valence electrons. The van der Waals surface area contributed by atoms with Gasteiger partial charge in [-0.25, -0.2) is 9.80 Å². The highest BCUT2D eigenvalue weighted by atomic mass is 16.6. The van der Waals surface area contributed by atoms with Gasteiger partial charge in [0.05, 0.1) is 26.0 Å². The zero-order valence-corrected chi connectivity index (χ0v) is 20.8. The largest absolute Gasteiger partial charge is 0.493 e.